The van der Waals surface area contributed by atoms with E-state index < -0.39 is 5.82 Å². The van der Waals surface area contributed by atoms with Gasteiger partial charge in [0.05, 0.1) is 24.1 Å². The molecule has 2 heterocycles. The van der Waals surface area contributed by atoms with Crippen LogP contribution in [0.1, 0.15) is 32.7 Å². The van der Waals surface area contributed by atoms with Crippen LogP contribution in [0, 0.1) is 11.7 Å². The zero-order valence-electron chi connectivity index (χ0n) is 13.7. The number of tetrazole rings is 1. The van der Waals surface area contributed by atoms with Crippen molar-refractivity contribution >= 4 is 11.6 Å². The summed E-state index contributed by atoms with van der Waals surface area (Å²) in [6, 6.07) is 4.53. The van der Waals surface area contributed by atoms with E-state index in [9.17, 15) is 9.18 Å². The van der Waals surface area contributed by atoms with Gasteiger partial charge in [-0.3, -0.25) is 4.79 Å². The topological polar surface area (TPSA) is 81.9 Å². The number of hydrogen-bond acceptors (Lipinski definition) is 5. The van der Waals surface area contributed by atoms with Crippen molar-refractivity contribution in [2.75, 3.05) is 18.5 Å². The zero-order chi connectivity index (χ0) is 17.1. The van der Waals surface area contributed by atoms with E-state index in [1.54, 1.807) is 16.8 Å². The van der Waals surface area contributed by atoms with E-state index in [4.69, 9.17) is 4.74 Å². The number of rotatable bonds is 4. The summed E-state index contributed by atoms with van der Waals surface area (Å²) >= 11 is 0. The molecule has 1 amide bonds. The lowest BCUT2D eigenvalue weighted by atomic mass is 10.0. The van der Waals surface area contributed by atoms with Gasteiger partial charge in [0, 0.05) is 12.3 Å². The minimum absolute atomic E-state index is 0.0140. The first-order chi connectivity index (χ1) is 11.6. The first-order valence-corrected chi connectivity index (χ1v) is 8.02. The van der Waals surface area contributed by atoms with Crippen LogP contribution in [0.5, 0.6) is 0 Å². The maximum Gasteiger partial charge on any atom is 0.229 e. The Kier molecular flexibility index (Phi) is 4.84. The largest absolute Gasteiger partial charge is 0.381 e. The number of hydrogen-bond donors (Lipinski definition) is 1. The molecule has 1 aromatic heterocycles. The molecule has 128 valence electrons. The van der Waals surface area contributed by atoms with Gasteiger partial charge in [-0.2, -0.15) is 0 Å². The summed E-state index contributed by atoms with van der Waals surface area (Å²) in [7, 11) is 0. The summed E-state index contributed by atoms with van der Waals surface area (Å²) in [5.74, 6) is -0.450. The normalized spacial score (nSPS) is 17.9. The van der Waals surface area contributed by atoms with Crippen LogP contribution in [0.2, 0.25) is 0 Å². The molecule has 7 nitrogen and oxygen atoms in total. The highest BCUT2D eigenvalue weighted by Crippen LogP contribution is 2.25. The summed E-state index contributed by atoms with van der Waals surface area (Å²) < 4.78 is 21.3. The lowest BCUT2D eigenvalue weighted by Gasteiger charge is -2.21. The Morgan fingerprint density at radius 3 is 2.96 bits per heavy atom. The number of carbonyl (C=O) groups is 1. The molecule has 0 unspecified atom stereocenters. The molecule has 0 spiro atoms. The minimum atomic E-state index is -0.482. The fraction of sp³-hybridized carbons (Fsp3) is 0.500. The second-order valence-electron chi connectivity index (χ2n) is 6.14. The molecule has 24 heavy (non-hydrogen) atoms. The SMILES string of the molecule is CC(C)n1nnnc1-c1ccc(NC(=O)[C@H]2CCCOC2)cc1F. The maximum absolute atomic E-state index is 14.5. The number of anilines is 1. The number of benzene rings is 1. The lowest BCUT2D eigenvalue weighted by molar-refractivity contribution is -0.123. The Hall–Kier alpha value is -2.35. The van der Waals surface area contributed by atoms with E-state index in [0.29, 0.717) is 30.3 Å². The van der Waals surface area contributed by atoms with Gasteiger partial charge in [-0.05, 0) is 55.3 Å². The van der Waals surface area contributed by atoms with Crippen molar-refractivity contribution in [3.8, 4) is 11.4 Å². The van der Waals surface area contributed by atoms with Crippen molar-refractivity contribution in [2.45, 2.75) is 32.7 Å². The molecule has 3 rings (SSSR count). The second-order valence-corrected chi connectivity index (χ2v) is 6.14. The second kappa shape index (κ2) is 7.04. The summed E-state index contributed by atoms with van der Waals surface area (Å²) in [4.78, 5) is 12.2. The molecule has 2 aromatic rings. The molecule has 1 N–H and O–H groups in total. The van der Waals surface area contributed by atoms with E-state index in [-0.39, 0.29) is 17.9 Å². The summed E-state index contributed by atoms with van der Waals surface area (Å²) in [6.07, 6.45) is 1.65. The fourth-order valence-electron chi connectivity index (χ4n) is 2.68. The van der Waals surface area contributed by atoms with E-state index >= 15 is 0 Å². The van der Waals surface area contributed by atoms with E-state index in [1.807, 2.05) is 13.8 Å². The van der Waals surface area contributed by atoms with Crippen LogP contribution in [0.15, 0.2) is 18.2 Å². The number of nitrogens with one attached hydrogen (secondary N) is 1. The molecule has 0 aliphatic carbocycles. The number of nitrogens with zero attached hydrogens (tertiary/aromatic N) is 4. The predicted molar refractivity (Wildman–Crippen MR) is 85.8 cm³/mol. The number of aromatic nitrogens is 4. The first-order valence-electron chi connectivity index (χ1n) is 8.02. The fourth-order valence-corrected chi connectivity index (χ4v) is 2.68. The van der Waals surface area contributed by atoms with Crippen LogP contribution in [-0.4, -0.2) is 39.3 Å². The van der Waals surface area contributed by atoms with Crippen molar-refractivity contribution in [3.05, 3.63) is 24.0 Å². The maximum atomic E-state index is 14.5. The molecule has 1 aromatic carbocycles. The van der Waals surface area contributed by atoms with Crippen LogP contribution < -0.4 is 5.32 Å². The third-order valence-corrected chi connectivity index (χ3v) is 3.99. The molecule has 1 aliphatic heterocycles. The van der Waals surface area contributed by atoms with E-state index in [2.05, 4.69) is 20.8 Å². The third-order valence-electron chi connectivity index (χ3n) is 3.99. The Labute approximate surface area is 139 Å². The predicted octanol–water partition coefficient (Wildman–Crippen LogP) is 2.43. The highest BCUT2D eigenvalue weighted by Gasteiger charge is 2.22. The molecular formula is C16H20FN5O2. The van der Waals surface area contributed by atoms with Crippen LogP contribution in [0.4, 0.5) is 10.1 Å². The molecule has 1 saturated heterocycles. The van der Waals surface area contributed by atoms with Gasteiger partial charge in [-0.25, -0.2) is 9.07 Å². The number of amides is 1. The Morgan fingerprint density at radius 2 is 2.29 bits per heavy atom. The Balaban J connectivity index is 1.77. The molecule has 0 saturated carbocycles. The van der Waals surface area contributed by atoms with Gasteiger partial charge < -0.3 is 10.1 Å². The first kappa shape index (κ1) is 16.5. The number of ether oxygens (including phenoxy) is 1. The van der Waals surface area contributed by atoms with Crippen molar-refractivity contribution in [1.82, 2.24) is 20.2 Å². The smallest absolute Gasteiger partial charge is 0.229 e. The summed E-state index contributed by atoms with van der Waals surface area (Å²) in [6.45, 7) is 4.93. The average molecular weight is 333 g/mol. The average Bonchev–Trinajstić information content (AvgIpc) is 3.05. The monoisotopic (exact) mass is 333 g/mol. The Bertz CT molecular complexity index is 725. The summed E-state index contributed by atoms with van der Waals surface area (Å²) in [5.41, 5.74) is 0.711. The molecule has 8 heteroatoms. The van der Waals surface area contributed by atoms with Gasteiger partial charge in [0.1, 0.15) is 5.82 Å². The lowest BCUT2D eigenvalue weighted by Crippen LogP contribution is -2.30. The highest BCUT2D eigenvalue weighted by atomic mass is 19.1. The van der Waals surface area contributed by atoms with E-state index in [0.717, 1.165) is 12.8 Å². The van der Waals surface area contributed by atoms with Crippen molar-refractivity contribution in [3.63, 3.8) is 0 Å². The van der Waals surface area contributed by atoms with Crippen LogP contribution in [0.3, 0.4) is 0 Å². The molecule has 0 radical (unpaired) electrons. The van der Waals surface area contributed by atoms with Gasteiger partial charge >= 0.3 is 0 Å². The van der Waals surface area contributed by atoms with Crippen LogP contribution in [-0.2, 0) is 9.53 Å². The molecule has 0 bridgehead atoms. The Morgan fingerprint density at radius 1 is 1.46 bits per heavy atom. The van der Waals surface area contributed by atoms with Crippen LogP contribution >= 0.6 is 0 Å². The van der Waals surface area contributed by atoms with Crippen LogP contribution in [0.25, 0.3) is 11.4 Å². The molecular weight excluding hydrogens is 313 g/mol. The molecule has 1 fully saturated rings. The highest BCUT2D eigenvalue weighted by molar-refractivity contribution is 5.92. The third kappa shape index (κ3) is 3.43. The van der Waals surface area contributed by atoms with Gasteiger partial charge in [-0.1, -0.05) is 0 Å². The quantitative estimate of drug-likeness (QED) is 0.929. The van der Waals surface area contributed by atoms with Crippen molar-refractivity contribution in [2.24, 2.45) is 5.92 Å². The summed E-state index contributed by atoms with van der Waals surface area (Å²) in [5, 5.41) is 14.1. The number of carbonyl (C=O) groups excluding carboxylic acids is 1. The zero-order valence-corrected chi connectivity index (χ0v) is 13.7. The van der Waals surface area contributed by atoms with Gasteiger partial charge in [0.25, 0.3) is 0 Å². The number of halogens is 1. The molecule has 1 aliphatic rings. The van der Waals surface area contributed by atoms with Crippen molar-refractivity contribution in [1.29, 1.82) is 0 Å². The van der Waals surface area contributed by atoms with E-state index in [1.165, 1.54) is 6.07 Å². The standard InChI is InChI=1S/C16H20FN5O2/c1-10(2)22-15(19-20-21-22)13-6-5-12(8-14(13)17)18-16(23)11-4-3-7-24-9-11/h5-6,8,10-11H,3-4,7,9H2,1-2H3,(H,18,23)/t11-/m0/s1. The minimum Gasteiger partial charge on any atom is -0.381 e. The molecule has 1 atom stereocenters. The van der Waals surface area contributed by atoms with Gasteiger partial charge in [0.2, 0.25) is 5.91 Å². The van der Waals surface area contributed by atoms with Gasteiger partial charge in [-0.15, -0.1) is 5.10 Å². The van der Waals surface area contributed by atoms with Crippen molar-refractivity contribution < 1.29 is 13.9 Å². The van der Waals surface area contributed by atoms with Gasteiger partial charge in [0.15, 0.2) is 5.82 Å².